The van der Waals surface area contributed by atoms with Crippen LogP contribution in [0.3, 0.4) is 0 Å². The zero-order valence-electron chi connectivity index (χ0n) is 19.1. The highest BCUT2D eigenvalue weighted by Gasteiger charge is 2.40. The molecule has 32 heavy (non-hydrogen) atoms. The summed E-state index contributed by atoms with van der Waals surface area (Å²) >= 11 is 6.34. The fraction of sp³-hybridized carbons (Fsp3) is 0.500. The second-order valence-electron chi connectivity index (χ2n) is 8.95. The lowest BCUT2D eigenvalue weighted by molar-refractivity contribution is -0.141. The number of carbonyl (C=O) groups excluding carboxylic acids is 2. The maximum absolute atomic E-state index is 12.7. The van der Waals surface area contributed by atoms with E-state index in [1.54, 1.807) is 23.1 Å². The highest BCUT2D eigenvalue weighted by Crippen LogP contribution is 2.35. The maximum atomic E-state index is 12.7. The van der Waals surface area contributed by atoms with Gasteiger partial charge >= 0.3 is 6.09 Å². The van der Waals surface area contributed by atoms with Crippen LogP contribution in [-0.2, 0) is 15.1 Å². The number of hydrogen-bond donors (Lipinski definition) is 1. The van der Waals surface area contributed by atoms with Gasteiger partial charge in [-0.05, 0) is 58.4 Å². The van der Waals surface area contributed by atoms with Crippen molar-refractivity contribution in [2.75, 3.05) is 20.1 Å². The molecule has 0 saturated carbocycles. The summed E-state index contributed by atoms with van der Waals surface area (Å²) < 4.78 is 11.8. The van der Waals surface area contributed by atoms with Gasteiger partial charge in [-0.15, -0.1) is 0 Å². The van der Waals surface area contributed by atoms with Crippen molar-refractivity contribution in [3.8, 4) is 11.4 Å². The molecular weight excluding hydrogens is 434 g/mol. The van der Waals surface area contributed by atoms with Gasteiger partial charge in [-0.2, -0.15) is 0 Å². The van der Waals surface area contributed by atoms with Crippen molar-refractivity contribution < 1.29 is 19.1 Å². The lowest BCUT2D eigenvalue weighted by Crippen LogP contribution is -2.54. The highest BCUT2D eigenvalue weighted by molar-refractivity contribution is 6.29. The molecule has 0 bridgehead atoms. The van der Waals surface area contributed by atoms with Crippen molar-refractivity contribution in [2.45, 2.75) is 51.9 Å². The summed E-state index contributed by atoms with van der Waals surface area (Å²) in [7, 11) is 1.53. The number of rotatable bonds is 3. The van der Waals surface area contributed by atoms with E-state index in [2.05, 4.69) is 20.3 Å². The maximum Gasteiger partial charge on any atom is 0.410 e. The van der Waals surface area contributed by atoms with E-state index in [1.165, 1.54) is 13.4 Å². The molecule has 2 amide bonds. The molecule has 2 aromatic rings. The van der Waals surface area contributed by atoms with Crippen LogP contribution in [0.25, 0.3) is 11.4 Å². The molecule has 1 fully saturated rings. The Bertz CT molecular complexity index is 1030. The smallest absolute Gasteiger partial charge is 0.410 e. The third-order valence-corrected chi connectivity index (χ3v) is 5.07. The molecule has 3 rings (SSSR count). The Labute approximate surface area is 192 Å². The lowest BCUT2D eigenvalue weighted by Gasteiger charge is -2.44. The van der Waals surface area contributed by atoms with Gasteiger partial charge < -0.3 is 19.7 Å². The molecule has 2 aromatic heterocycles. The molecule has 172 valence electrons. The number of hydrogen-bond acceptors (Lipinski definition) is 7. The summed E-state index contributed by atoms with van der Waals surface area (Å²) in [6.07, 6.45) is 0.675. The van der Waals surface area contributed by atoms with Crippen LogP contribution >= 0.6 is 11.6 Å². The number of ether oxygens (including phenoxy) is 2. The van der Waals surface area contributed by atoms with E-state index in [-0.39, 0.29) is 29.4 Å². The quantitative estimate of drug-likeness (QED) is 0.698. The van der Waals surface area contributed by atoms with Gasteiger partial charge in [0, 0.05) is 7.05 Å². The minimum absolute atomic E-state index is 0.214. The van der Waals surface area contributed by atoms with Crippen LogP contribution in [0.5, 0.6) is 0 Å². The van der Waals surface area contributed by atoms with E-state index in [0.717, 1.165) is 5.56 Å². The van der Waals surface area contributed by atoms with Crippen LogP contribution in [0.15, 0.2) is 24.5 Å². The largest absolute Gasteiger partial charge is 0.444 e. The summed E-state index contributed by atoms with van der Waals surface area (Å²) in [4.78, 5) is 38.9. The average Bonchev–Trinajstić information content (AvgIpc) is 2.71. The van der Waals surface area contributed by atoms with Gasteiger partial charge in [-0.3, -0.25) is 4.79 Å². The van der Waals surface area contributed by atoms with Crippen LogP contribution < -0.4 is 5.32 Å². The number of amides is 2. The Kier molecular flexibility index (Phi) is 6.71. The Morgan fingerprint density at radius 2 is 1.97 bits per heavy atom. The van der Waals surface area contributed by atoms with Gasteiger partial charge in [0.25, 0.3) is 5.91 Å². The van der Waals surface area contributed by atoms with E-state index in [9.17, 15) is 9.59 Å². The SMILES string of the molecule is CNC(=O)c1cc(-c2cc([C@]3(C)CN(C(=O)OC(C)(C)C)C[C@H](C)O3)cc(Cl)n2)ncn1. The molecule has 0 aromatic carbocycles. The van der Waals surface area contributed by atoms with Gasteiger partial charge in [0.1, 0.15) is 28.4 Å². The minimum Gasteiger partial charge on any atom is -0.444 e. The van der Waals surface area contributed by atoms with Crippen molar-refractivity contribution in [3.63, 3.8) is 0 Å². The molecule has 2 atom stereocenters. The number of morpholine rings is 1. The van der Waals surface area contributed by atoms with E-state index in [0.29, 0.717) is 17.9 Å². The zero-order valence-corrected chi connectivity index (χ0v) is 19.9. The number of pyridine rings is 1. The highest BCUT2D eigenvalue weighted by atomic mass is 35.5. The number of nitrogens with zero attached hydrogens (tertiary/aromatic N) is 4. The number of aromatic nitrogens is 3. The van der Waals surface area contributed by atoms with Crippen LogP contribution in [0.4, 0.5) is 4.79 Å². The van der Waals surface area contributed by atoms with E-state index in [1.807, 2.05) is 34.6 Å². The van der Waals surface area contributed by atoms with E-state index >= 15 is 0 Å². The molecule has 1 saturated heterocycles. The van der Waals surface area contributed by atoms with E-state index in [4.69, 9.17) is 21.1 Å². The van der Waals surface area contributed by atoms with Crippen LogP contribution in [0.2, 0.25) is 5.15 Å². The summed E-state index contributed by atoms with van der Waals surface area (Å²) in [5.74, 6) is -0.333. The molecule has 9 nitrogen and oxygen atoms in total. The predicted octanol–water partition coefficient (Wildman–Crippen LogP) is 3.42. The van der Waals surface area contributed by atoms with Crippen molar-refractivity contribution in [2.24, 2.45) is 0 Å². The normalized spacial score (nSPS) is 21.2. The predicted molar refractivity (Wildman–Crippen MR) is 119 cm³/mol. The number of nitrogens with one attached hydrogen (secondary N) is 1. The van der Waals surface area contributed by atoms with Crippen molar-refractivity contribution in [3.05, 3.63) is 40.9 Å². The fourth-order valence-corrected chi connectivity index (χ4v) is 3.77. The molecule has 0 radical (unpaired) electrons. The van der Waals surface area contributed by atoms with Crippen LogP contribution in [0.1, 0.15) is 50.7 Å². The van der Waals surface area contributed by atoms with Crippen molar-refractivity contribution in [1.29, 1.82) is 0 Å². The first kappa shape index (κ1) is 23.9. The summed E-state index contributed by atoms with van der Waals surface area (Å²) in [5.41, 5.74) is 0.397. The Morgan fingerprint density at radius 1 is 1.25 bits per heavy atom. The van der Waals surface area contributed by atoms with Crippen LogP contribution in [0, 0.1) is 0 Å². The molecule has 0 unspecified atom stereocenters. The molecular formula is C22H28ClN5O4. The van der Waals surface area contributed by atoms with Crippen LogP contribution in [-0.4, -0.2) is 63.7 Å². The lowest BCUT2D eigenvalue weighted by atomic mass is 9.92. The van der Waals surface area contributed by atoms with Crippen molar-refractivity contribution in [1.82, 2.24) is 25.2 Å². The summed E-state index contributed by atoms with van der Waals surface area (Å²) in [5, 5.41) is 2.77. The van der Waals surface area contributed by atoms with Gasteiger partial charge in [-0.1, -0.05) is 11.6 Å². The van der Waals surface area contributed by atoms with Gasteiger partial charge in [0.05, 0.1) is 30.6 Å². The third-order valence-electron chi connectivity index (χ3n) is 4.88. The van der Waals surface area contributed by atoms with Gasteiger partial charge in [0.2, 0.25) is 0 Å². The Balaban J connectivity index is 1.96. The Hall–Kier alpha value is -2.78. The number of carbonyl (C=O) groups is 2. The second-order valence-corrected chi connectivity index (χ2v) is 9.34. The zero-order chi connectivity index (χ0) is 23.7. The molecule has 1 aliphatic rings. The molecule has 1 N–H and O–H groups in total. The molecule has 1 aliphatic heterocycles. The molecule has 3 heterocycles. The minimum atomic E-state index is -0.855. The monoisotopic (exact) mass is 461 g/mol. The second kappa shape index (κ2) is 8.99. The first-order chi connectivity index (χ1) is 14.9. The molecule has 0 spiro atoms. The fourth-order valence-electron chi connectivity index (χ4n) is 3.57. The van der Waals surface area contributed by atoms with E-state index < -0.39 is 17.3 Å². The van der Waals surface area contributed by atoms with Gasteiger partial charge in [-0.25, -0.2) is 19.7 Å². The summed E-state index contributed by atoms with van der Waals surface area (Å²) in [6.45, 7) is 9.98. The Morgan fingerprint density at radius 3 is 2.62 bits per heavy atom. The first-order valence-electron chi connectivity index (χ1n) is 10.3. The first-order valence-corrected chi connectivity index (χ1v) is 10.7. The van der Waals surface area contributed by atoms with Gasteiger partial charge in [0.15, 0.2) is 0 Å². The number of halogens is 1. The third kappa shape index (κ3) is 5.52. The van der Waals surface area contributed by atoms with Crippen molar-refractivity contribution >= 4 is 23.6 Å². The summed E-state index contributed by atoms with van der Waals surface area (Å²) in [6, 6.07) is 5.05. The average molecular weight is 462 g/mol. The topological polar surface area (TPSA) is 107 Å². The standard InChI is InChI=1S/C22H28ClN5O4/c1-13-10-28(20(30)32-21(2,3)4)11-22(5,31-13)14-7-16(27-18(23)8-14)15-9-17(19(29)24-6)26-12-25-15/h7-9,12-13H,10-11H2,1-6H3,(H,24,29)/t13-,22-/m0/s1. The molecule has 10 heteroatoms. The molecule has 0 aliphatic carbocycles.